The molecule has 0 aliphatic heterocycles. The van der Waals surface area contributed by atoms with Crippen molar-refractivity contribution in [1.29, 1.82) is 0 Å². The van der Waals surface area contributed by atoms with E-state index in [0.29, 0.717) is 5.75 Å². The van der Waals surface area contributed by atoms with Crippen molar-refractivity contribution >= 4 is 39.6 Å². The van der Waals surface area contributed by atoms with Gasteiger partial charge >= 0.3 is 7.32 Å². The van der Waals surface area contributed by atoms with Gasteiger partial charge in [0.25, 0.3) is 0 Å². The Morgan fingerprint density at radius 3 is 2.15 bits per heavy atom. The summed E-state index contributed by atoms with van der Waals surface area (Å²) in [5.74, 6) is 0.466. The highest BCUT2D eigenvalue weighted by Gasteiger charge is 2.15. The second kappa shape index (κ2) is 11.6. The molecule has 5 rings (SSSR count). The third-order valence-electron chi connectivity index (χ3n) is 5.97. The summed E-state index contributed by atoms with van der Waals surface area (Å²) in [6.45, 7) is 3.41. The van der Waals surface area contributed by atoms with Gasteiger partial charge in [-0.1, -0.05) is 74.4 Å². The monoisotopic (exact) mass is 452 g/mol. The van der Waals surface area contributed by atoms with Crippen molar-refractivity contribution in [3.63, 3.8) is 0 Å². The summed E-state index contributed by atoms with van der Waals surface area (Å²) in [6, 6.07) is 28.3. The minimum atomic E-state index is -1.83. The van der Waals surface area contributed by atoms with Crippen LogP contribution in [0, 0.1) is 0 Å². The highest BCUT2D eigenvalue weighted by atomic mass is 16.6. The van der Waals surface area contributed by atoms with Gasteiger partial charge in [0.15, 0.2) is 12.4 Å². The van der Waals surface area contributed by atoms with Crippen molar-refractivity contribution in [2.75, 3.05) is 0 Å². The van der Waals surface area contributed by atoms with Gasteiger partial charge in [-0.05, 0) is 51.6 Å². The lowest BCUT2D eigenvalue weighted by Crippen LogP contribution is -2.32. The maximum atomic E-state index is 9.14. The van der Waals surface area contributed by atoms with Gasteiger partial charge < -0.3 is 14.7 Å². The van der Waals surface area contributed by atoms with E-state index in [1.165, 1.54) is 37.6 Å². The van der Waals surface area contributed by atoms with Gasteiger partial charge in [-0.2, -0.15) is 0 Å². The lowest BCUT2D eigenvalue weighted by Gasteiger charge is -2.12. The van der Waals surface area contributed by atoms with Crippen LogP contribution in [0.3, 0.4) is 0 Å². The van der Waals surface area contributed by atoms with Gasteiger partial charge in [0, 0.05) is 23.9 Å². The smallest absolute Gasteiger partial charge is 0.511 e. The maximum absolute atomic E-state index is 9.14. The minimum Gasteiger partial charge on any atom is -0.511 e. The summed E-state index contributed by atoms with van der Waals surface area (Å²) in [6.07, 6.45) is 9.62. The number of fused-ring (bicyclic) bond motifs is 4. The van der Waals surface area contributed by atoms with Crippen LogP contribution in [0.4, 0.5) is 0 Å². The predicted molar refractivity (Wildman–Crippen MR) is 141 cm³/mol. The number of nitrogens with zero attached hydrogens (tertiary/aromatic N) is 1. The van der Waals surface area contributed by atoms with Crippen molar-refractivity contribution in [1.82, 2.24) is 0 Å². The van der Waals surface area contributed by atoms with Crippen molar-refractivity contribution in [2.45, 2.75) is 39.2 Å². The second-order valence-electron chi connectivity index (χ2n) is 8.46. The highest BCUT2D eigenvalue weighted by Crippen LogP contribution is 2.35. The fraction of sp³-hybridized carbons (Fsp3) is 0.207. The normalized spacial score (nSPS) is 10.8. The van der Waals surface area contributed by atoms with Gasteiger partial charge in [-0.25, -0.2) is 4.57 Å². The van der Waals surface area contributed by atoms with Crippen LogP contribution in [0.1, 0.15) is 32.6 Å². The van der Waals surface area contributed by atoms with Crippen molar-refractivity contribution in [3.8, 4) is 5.75 Å². The molecule has 2 N–H and O–H groups in total. The Balaban J connectivity index is 0.000000195. The molecule has 0 aliphatic carbocycles. The van der Waals surface area contributed by atoms with Crippen molar-refractivity contribution in [3.05, 3.63) is 97.3 Å². The summed E-state index contributed by atoms with van der Waals surface area (Å²) in [4.78, 5) is 0. The Morgan fingerprint density at radius 2 is 1.41 bits per heavy atom. The molecule has 0 amide bonds. The molecule has 1 aromatic heterocycles. The number of hydrogen-bond donors (Lipinski definition) is 2. The Kier molecular flexibility index (Phi) is 8.13. The number of pyridine rings is 1. The highest BCUT2D eigenvalue weighted by molar-refractivity contribution is 6.34. The van der Waals surface area contributed by atoms with E-state index >= 15 is 0 Å². The molecule has 0 bridgehead atoms. The Morgan fingerprint density at radius 1 is 0.706 bits per heavy atom. The summed E-state index contributed by atoms with van der Waals surface area (Å²) < 4.78 is 7.40. The number of hydrogen-bond acceptors (Lipinski definition) is 3. The van der Waals surface area contributed by atoms with Crippen molar-refractivity contribution in [2.24, 2.45) is 0 Å². The van der Waals surface area contributed by atoms with E-state index in [2.05, 4.69) is 72.4 Å². The molecule has 0 saturated heterocycles. The molecule has 5 heteroatoms. The van der Waals surface area contributed by atoms with Gasteiger partial charge in [-0.3, -0.25) is 0 Å². The lowest BCUT2D eigenvalue weighted by atomic mass is 9.97. The molecule has 0 aliphatic rings. The third-order valence-corrected chi connectivity index (χ3v) is 5.97. The first-order valence-corrected chi connectivity index (χ1v) is 12.0. The number of aromatic nitrogens is 1. The number of rotatable bonds is 7. The van der Waals surface area contributed by atoms with Crippen LogP contribution in [0.5, 0.6) is 5.75 Å². The van der Waals surface area contributed by atoms with Gasteiger partial charge in [0.2, 0.25) is 0 Å². The van der Waals surface area contributed by atoms with Crippen LogP contribution in [0.25, 0.3) is 32.3 Å². The van der Waals surface area contributed by atoms with Gasteiger partial charge in [0.1, 0.15) is 12.3 Å². The van der Waals surface area contributed by atoms with E-state index in [-0.39, 0.29) is 0 Å². The summed E-state index contributed by atoms with van der Waals surface area (Å²) in [7, 11) is -1.83. The average Bonchev–Trinajstić information content (AvgIpc) is 2.86. The van der Waals surface area contributed by atoms with Gasteiger partial charge in [-0.15, -0.1) is 0 Å². The molecule has 0 unspecified atom stereocenters. The summed E-state index contributed by atoms with van der Waals surface area (Å²) >= 11 is 0. The van der Waals surface area contributed by atoms with E-state index < -0.39 is 7.32 Å². The summed E-state index contributed by atoms with van der Waals surface area (Å²) in [5, 5.41) is 24.6. The molecule has 0 atom stereocenters. The quantitative estimate of drug-likeness (QED) is 0.104. The molecule has 4 nitrogen and oxygen atoms in total. The Bertz CT molecular complexity index is 1360. The second-order valence-corrected chi connectivity index (χ2v) is 8.46. The van der Waals surface area contributed by atoms with Crippen LogP contribution in [-0.2, 0) is 6.54 Å². The van der Waals surface area contributed by atoms with E-state index in [1.54, 1.807) is 6.07 Å². The van der Waals surface area contributed by atoms with E-state index in [1.807, 2.05) is 30.3 Å². The number of aryl methyl sites for hydroxylation is 1. The molecule has 0 fully saturated rings. The fourth-order valence-corrected chi connectivity index (χ4v) is 4.28. The van der Waals surface area contributed by atoms with E-state index in [9.17, 15) is 0 Å². The standard InChI is InChI=1S/C18H13BO3.C11H18N/c20-19(21)22-17-7-3-6-12-8-9-15-10-13-4-1-2-5-14(13)11-16(15)18(12)17;1-2-3-4-6-9-12-10-7-5-8-11-12/h1-11,20-21H;5,7-8,10-11H,2-4,6,9H2,1H3/q;+1. The molecule has 172 valence electrons. The van der Waals surface area contributed by atoms with Crippen molar-refractivity contribution < 1.29 is 19.3 Å². The van der Waals surface area contributed by atoms with Crippen LogP contribution in [0.15, 0.2) is 97.3 Å². The zero-order chi connectivity index (χ0) is 23.8. The van der Waals surface area contributed by atoms with Gasteiger partial charge in [0.05, 0.1) is 0 Å². The number of benzene rings is 4. The largest absolute Gasteiger partial charge is 0.707 e. The van der Waals surface area contributed by atoms with E-state index in [0.717, 1.165) is 26.9 Å². The molecule has 1 heterocycles. The molecule has 5 aromatic rings. The SMILES string of the molecule is CCCCCC[n+]1ccccc1.OB(O)Oc1cccc2ccc3cc4ccccc4cc3c12. The summed E-state index contributed by atoms with van der Waals surface area (Å²) in [5.41, 5.74) is 0. The van der Waals surface area contributed by atoms with Crippen LogP contribution in [-0.4, -0.2) is 17.4 Å². The zero-order valence-corrected chi connectivity index (χ0v) is 19.6. The first-order valence-electron chi connectivity index (χ1n) is 12.0. The molecule has 34 heavy (non-hydrogen) atoms. The third kappa shape index (κ3) is 5.93. The molecular formula is C29H31BNO3+. The Hall–Kier alpha value is -3.41. The Labute approximate surface area is 201 Å². The molecule has 0 saturated carbocycles. The first-order chi connectivity index (χ1) is 16.7. The lowest BCUT2D eigenvalue weighted by molar-refractivity contribution is -0.697. The maximum Gasteiger partial charge on any atom is 0.707 e. The zero-order valence-electron chi connectivity index (χ0n) is 19.6. The fourth-order valence-electron chi connectivity index (χ4n) is 4.28. The molecular weight excluding hydrogens is 421 g/mol. The molecule has 0 spiro atoms. The first kappa shape index (κ1) is 23.7. The van der Waals surface area contributed by atoms with E-state index in [4.69, 9.17) is 14.7 Å². The van der Waals surface area contributed by atoms with Crippen LogP contribution in [0.2, 0.25) is 0 Å². The van der Waals surface area contributed by atoms with Crippen LogP contribution < -0.4 is 9.22 Å². The van der Waals surface area contributed by atoms with Crippen LogP contribution >= 0.6 is 0 Å². The average molecular weight is 452 g/mol. The molecule has 0 radical (unpaired) electrons. The minimum absolute atomic E-state index is 0.466. The topological polar surface area (TPSA) is 53.6 Å². The molecule has 4 aromatic carbocycles. The number of unbranched alkanes of at least 4 members (excludes halogenated alkanes) is 3. The predicted octanol–water partition coefficient (Wildman–Crippen LogP) is 6.05.